The highest BCUT2D eigenvalue weighted by Crippen LogP contribution is 2.32. The Bertz CT molecular complexity index is 287. The molecule has 0 aliphatic carbocycles. The summed E-state index contributed by atoms with van der Waals surface area (Å²) in [6.45, 7) is 8.21. The van der Waals surface area contributed by atoms with Crippen LogP contribution in [0.1, 0.15) is 38.3 Å². The summed E-state index contributed by atoms with van der Waals surface area (Å²) in [6, 6.07) is 8.16. The Morgan fingerprint density at radius 2 is 1.71 bits per heavy atom. The molecule has 0 fully saturated rings. The van der Waals surface area contributed by atoms with Crippen molar-refractivity contribution >= 4 is 0 Å². The maximum atomic E-state index is 10.5. The molecular formula is C13H20O. The van der Waals surface area contributed by atoms with Gasteiger partial charge in [0.05, 0.1) is 5.60 Å². The van der Waals surface area contributed by atoms with Gasteiger partial charge < -0.3 is 5.11 Å². The summed E-state index contributed by atoms with van der Waals surface area (Å²) in [4.78, 5) is 0. The number of benzene rings is 1. The van der Waals surface area contributed by atoms with Gasteiger partial charge in [0.1, 0.15) is 0 Å². The highest BCUT2D eigenvalue weighted by molar-refractivity contribution is 5.26. The molecule has 0 aliphatic rings. The average Bonchev–Trinajstić information content (AvgIpc) is 2.17. The zero-order valence-corrected chi connectivity index (χ0v) is 9.54. The lowest BCUT2D eigenvalue weighted by molar-refractivity contribution is -0.0140. The Morgan fingerprint density at radius 3 is 2.07 bits per heavy atom. The Morgan fingerprint density at radius 1 is 1.21 bits per heavy atom. The van der Waals surface area contributed by atoms with Crippen LogP contribution in [0.3, 0.4) is 0 Å². The maximum Gasteiger partial charge on any atom is 0.0916 e. The fourth-order valence-electron chi connectivity index (χ4n) is 1.79. The van der Waals surface area contributed by atoms with Gasteiger partial charge in [-0.25, -0.2) is 0 Å². The third-order valence-electron chi connectivity index (χ3n) is 3.05. The van der Waals surface area contributed by atoms with Crippen LogP contribution in [0.2, 0.25) is 0 Å². The molecule has 0 aromatic heterocycles. The minimum absolute atomic E-state index is 0.246. The van der Waals surface area contributed by atoms with Crippen LogP contribution in [0.5, 0.6) is 0 Å². The first kappa shape index (κ1) is 11.3. The van der Waals surface area contributed by atoms with Crippen molar-refractivity contribution in [2.75, 3.05) is 0 Å². The lowest BCUT2D eigenvalue weighted by Gasteiger charge is -2.31. The quantitative estimate of drug-likeness (QED) is 0.779. The summed E-state index contributed by atoms with van der Waals surface area (Å²) in [5.74, 6) is 0.246. The second-order valence-electron chi connectivity index (χ2n) is 4.30. The number of hydrogen-bond donors (Lipinski definition) is 1. The van der Waals surface area contributed by atoms with E-state index in [4.69, 9.17) is 0 Å². The van der Waals surface area contributed by atoms with Crippen molar-refractivity contribution in [2.24, 2.45) is 5.92 Å². The van der Waals surface area contributed by atoms with Crippen molar-refractivity contribution in [2.45, 2.75) is 39.7 Å². The lowest BCUT2D eigenvalue weighted by Crippen LogP contribution is -2.31. The van der Waals surface area contributed by atoms with E-state index < -0.39 is 5.60 Å². The number of rotatable bonds is 3. The zero-order chi connectivity index (χ0) is 10.8. The van der Waals surface area contributed by atoms with Gasteiger partial charge in [0, 0.05) is 0 Å². The van der Waals surface area contributed by atoms with Crippen LogP contribution in [0.25, 0.3) is 0 Å². The van der Waals surface area contributed by atoms with Gasteiger partial charge >= 0.3 is 0 Å². The average molecular weight is 192 g/mol. The Hall–Kier alpha value is -0.820. The minimum atomic E-state index is -0.673. The largest absolute Gasteiger partial charge is 0.385 e. The van der Waals surface area contributed by atoms with Crippen LogP contribution in [0, 0.1) is 12.8 Å². The van der Waals surface area contributed by atoms with E-state index in [1.807, 2.05) is 19.1 Å². The Balaban J connectivity index is 3.06. The molecule has 14 heavy (non-hydrogen) atoms. The predicted octanol–water partition coefficient (Wildman–Crippen LogP) is 3.25. The standard InChI is InChI=1S/C13H20O/c1-5-13(14,10(2)3)12-8-6-11(4)7-9-12/h6-10,14H,5H2,1-4H3. The molecule has 1 heteroatoms. The van der Waals surface area contributed by atoms with Crippen molar-refractivity contribution in [1.29, 1.82) is 0 Å². The number of hydrogen-bond acceptors (Lipinski definition) is 1. The van der Waals surface area contributed by atoms with Gasteiger partial charge in [-0.2, -0.15) is 0 Å². The van der Waals surface area contributed by atoms with E-state index in [1.54, 1.807) is 0 Å². The normalized spacial score (nSPS) is 15.6. The van der Waals surface area contributed by atoms with Crippen LogP contribution in [0.4, 0.5) is 0 Å². The second kappa shape index (κ2) is 4.14. The molecule has 0 aliphatic heterocycles. The molecular weight excluding hydrogens is 172 g/mol. The van der Waals surface area contributed by atoms with Crippen LogP contribution in [0.15, 0.2) is 24.3 Å². The van der Waals surface area contributed by atoms with E-state index in [0.29, 0.717) is 0 Å². The van der Waals surface area contributed by atoms with E-state index >= 15 is 0 Å². The molecule has 1 N–H and O–H groups in total. The van der Waals surface area contributed by atoms with Crippen molar-refractivity contribution in [3.05, 3.63) is 35.4 Å². The lowest BCUT2D eigenvalue weighted by atomic mass is 9.81. The summed E-state index contributed by atoms with van der Waals surface area (Å²) in [5.41, 5.74) is 1.59. The van der Waals surface area contributed by atoms with Gasteiger partial charge in [-0.1, -0.05) is 50.6 Å². The summed E-state index contributed by atoms with van der Waals surface area (Å²) < 4.78 is 0. The summed E-state index contributed by atoms with van der Waals surface area (Å²) in [6.07, 6.45) is 0.758. The van der Waals surface area contributed by atoms with Crippen molar-refractivity contribution in [3.8, 4) is 0 Å². The molecule has 1 nitrogen and oxygen atoms in total. The predicted molar refractivity (Wildman–Crippen MR) is 60.2 cm³/mol. The van der Waals surface area contributed by atoms with Crippen molar-refractivity contribution in [3.63, 3.8) is 0 Å². The monoisotopic (exact) mass is 192 g/mol. The van der Waals surface area contributed by atoms with Crippen molar-refractivity contribution in [1.82, 2.24) is 0 Å². The third kappa shape index (κ3) is 1.98. The summed E-state index contributed by atoms with van der Waals surface area (Å²) in [7, 11) is 0. The third-order valence-corrected chi connectivity index (χ3v) is 3.05. The molecule has 1 unspecified atom stereocenters. The molecule has 0 heterocycles. The van der Waals surface area contributed by atoms with E-state index in [9.17, 15) is 5.11 Å². The Kier molecular flexibility index (Phi) is 3.33. The fourth-order valence-corrected chi connectivity index (χ4v) is 1.79. The summed E-state index contributed by atoms with van der Waals surface area (Å²) in [5, 5.41) is 10.5. The molecule has 0 radical (unpaired) electrons. The van der Waals surface area contributed by atoms with Crippen LogP contribution < -0.4 is 0 Å². The smallest absolute Gasteiger partial charge is 0.0916 e. The molecule has 0 saturated carbocycles. The molecule has 0 bridgehead atoms. The zero-order valence-electron chi connectivity index (χ0n) is 9.54. The van der Waals surface area contributed by atoms with Gasteiger partial charge in [-0.15, -0.1) is 0 Å². The molecule has 0 saturated heterocycles. The minimum Gasteiger partial charge on any atom is -0.385 e. The highest BCUT2D eigenvalue weighted by Gasteiger charge is 2.30. The molecule has 1 aromatic carbocycles. The maximum absolute atomic E-state index is 10.5. The highest BCUT2D eigenvalue weighted by atomic mass is 16.3. The molecule has 1 atom stereocenters. The SMILES string of the molecule is CCC(O)(c1ccc(C)cc1)C(C)C. The topological polar surface area (TPSA) is 20.2 Å². The van der Waals surface area contributed by atoms with Crippen LogP contribution in [-0.4, -0.2) is 5.11 Å². The van der Waals surface area contributed by atoms with Crippen LogP contribution >= 0.6 is 0 Å². The van der Waals surface area contributed by atoms with E-state index in [-0.39, 0.29) is 5.92 Å². The van der Waals surface area contributed by atoms with Gasteiger partial charge in [-0.05, 0) is 24.8 Å². The summed E-state index contributed by atoms with van der Waals surface area (Å²) >= 11 is 0. The van der Waals surface area contributed by atoms with Crippen LogP contribution in [-0.2, 0) is 5.60 Å². The second-order valence-corrected chi connectivity index (χ2v) is 4.30. The molecule has 1 rings (SSSR count). The van der Waals surface area contributed by atoms with Gasteiger partial charge in [0.25, 0.3) is 0 Å². The van der Waals surface area contributed by atoms with E-state index in [2.05, 4.69) is 32.9 Å². The molecule has 78 valence electrons. The molecule has 1 aromatic rings. The Labute approximate surface area is 86.8 Å². The van der Waals surface area contributed by atoms with Gasteiger partial charge in [-0.3, -0.25) is 0 Å². The van der Waals surface area contributed by atoms with Crippen molar-refractivity contribution < 1.29 is 5.11 Å². The first-order chi connectivity index (χ1) is 6.50. The van der Waals surface area contributed by atoms with Gasteiger partial charge in [0.2, 0.25) is 0 Å². The molecule has 0 amide bonds. The first-order valence-electron chi connectivity index (χ1n) is 5.30. The molecule has 0 spiro atoms. The fraction of sp³-hybridized carbons (Fsp3) is 0.538. The van der Waals surface area contributed by atoms with E-state index in [1.165, 1.54) is 5.56 Å². The van der Waals surface area contributed by atoms with E-state index in [0.717, 1.165) is 12.0 Å². The number of aryl methyl sites for hydroxylation is 1. The first-order valence-corrected chi connectivity index (χ1v) is 5.30. The van der Waals surface area contributed by atoms with Gasteiger partial charge in [0.15, 0.2) is 0 Å². The number of aliphatic hydroxyl groups is 1.